The highest BCUT2D eigenvalue weighted by Gasteiger charge is 2.39. The van der Waals surface area contributed by atoms with Crippen molar-refractivity contribution < 1.29 is 16.8 Å². The first-order valence-electron chi connectivity index (χ1n) is 2.71. The molecule has 0 fully saturated rings. The minimum atomic E-state index is -3.91. The molecular weight excluding hydrogens is 196 g/mol. The summed E-state index contributed by atoms with van der Waals surface area (Å²) in [7, 11) is -3.91. The van der Waals surface area contributed by atoms with Crippen molar-refractivity contribution in [3.8, 4) is 0 Å². The second kappa shape index (κ2) is 1.99. The monoisotopic (exact) mass is 198 g/mol. The third-order valence-electron chi connectivity index (χ3n) is 1.18. The molecule has 0 saturated heterocycles. The van der Waals surface area contributed by atoms with Gasteiger partial charge in [-0.3, -0.25) is 0 Å². The minimum Gasteiger partial charge on any atom is -0.323 e. The summed E-state index contributed by atoms with van der Waals surface area (Å²) in [6.45, 7) is 0.191. The third-order valence-corrected chi connectivity index (χ3v) is 2.28. The zero-order chi connectivity index (χ0) is 8.06. The van der Waals surface area contributed by atoms with E-state index in [-0.39, 0.29) is 12.6 Å². The zero-order valence-corrected chi connectivity index (χ0v) is 6.67. The number of hydrogen-bond acceptors (Lipinski definition) is 6. The first-order valence-corrected chi connectivity index (χ1v) is 4.38. The highest BCUT2D eigenvalue weighted by molar-refractivity contribution is 7.82. The van der Waals surface area contributed by atoms with Crippen LogP contribution in [0, 0.1) is 0 Å². The highest BCUT2D eigenvalue weighted by Crippen LogP contribution is 2.22. The molecule has 0 N–H and O–H groups in total. The van der Waals surface area contributed by atoms with Crippen molar-refractivity contribution >= 4 is 28.2 Å². The minimum absolute atomic E-state index is 0.122. The average Bonchev–Trinajstić information content (AvgIpc) is 2.05. The largest absolute Gasteiger partial charge is 0.453 e. The van der Waals surface area contributed by atoms with E-state index in [1.807, 2.05) is 0 Å². The van der Waals surface area contributed by atoms with Gasteiger partial charge in [0.25, 0.3) is 0 Å². The van der Waals surface area contributed by atoms with Gasteiger partial charge in [0.15, 0.2) is 6.23 Å². The number of nitrogens with zero attached hydrogens (tertiary/aromatic N) is 2. The van der Waals surface area contributed by atoms with Crippen molar-refractivity contribution in [3.63, 3.8) is 0 Å². The molecule has 0 aromatic carbocycles. The molecule has 0 spiro atoms. The van der Waals surface area contributed by atoms with Gasteiger partial charge in [0.2, 0.25) is 0 Å². The zero-order valence-electron chi connectivity index (χ0n) is 5.10. The van der Waals surface area contributed by atoms with Gasteiger partial charge in [-0.25, -0.2) is 8.60 Å². The maximum atomic E-state index is 10.6. The molecule has 0 radical (unpaired) electrons. The molecule has 0 aromatic heterocycles. The van der Waals surface area contributed by atoms with E-state index in [1.165, 1.54) is 0 Å². The van der Waals surface area contributed by atoms with Crippen LogP contribution in [0.25, 0.3) is 0 Å². The van der Waals surface area contributed by atoms with Crippen LogP contribution in [-0.4, -0.2) is 31.6 Å². The van der Waals surface area contributed by atoms with Crippen molar-refractivity contribution in [1.29, 1.82) is 0 Å². The van der Waals surface area contributed by atoms with E-state index in [0.717, 1.165) is 4.42 Å². The number of fused-ring (bicyclic) bond motifs is 1. The predicted molar refractivity (Wildman–Crippen MR) is 34.9 cm³/mol. The van der Waals surface area contributed by atoms with Gasteiger partial charge in [-0.1, -0.05) is 0 Å². The summed E-state index contributed by atoms with van der Waals surface area (Å²) in [5.74, 6) is 0. The molecule has 0 aromatic rings. The van der Waals surface area contributed by atoms with Crippen LogP contribution in [0.2, 0.25) is 0 Å². The molecule has 1 unspecified atom stereocenters. The van der Waals surface area contributed by atoms with Gasteiger partial charge in [-0.2, -0.15) is 13.4 Å². The molecule has 0 amide bonds. The lowest BCUT2D eigenvalue weighted by Gasteiger charge is -2.09. The summed E-state index contributed by atoms with van der Waals surface area (Å²) in [6, 6.07) is -0.122. The predicted octanol–water partition coefficient (Wildman–Crippen LogP) is -0.571. The molecule has 2 aliphatic heterocycles. The van der Waals surface area contributed by atoms with Crippen molar-refractivity contribution in [3.05, 3.63) is 0 Å². The van der Waals surface area contributed by atoms with Gasteiger partial charge >= 0.3 is 16.4 Å². The number of rotatable bonds is 0. The first-order chi connectivity index (χ1) is 5.07. The van der Waals surface area contributed by atoms with Crippen LogP contribution in [0.4, 0.5) is 0 Å². The van der Waals surface area contributed by atoms with E-state index in [2.05, 4.69) is 13.4 Å². The molecule has 2 bridgehead atoms. The summed E-state index contributed by atoms with van der Waals surface area (Å²) in [6.07, 6.45) is -0.749. The van der Waals surface area contributed by atoms with Crippen molar-refractivity contribution in [2.45, 2.75) is 6.23 Å². The Bertz CT molecular complexity index is 311. The molecule has 62 valence electrons. The summed E-state index contributed by atoms with van der Waals surface area (Å²) in [5.41, 5.74) is 0. The van der Waals surface area contributed by atoms with E-state index in [9.17, 15) is 8.42 Å². The average molecular weight is 199 g/mol. The summed E-state index contributed by atoms with van der Waals surface area (Å²) >= 11 is 5.47. The molecule has 2 rings (SSSR count). The van der Waals surface area contributed by atoms with Gasteiger partial charge in [-0.05, 0) is 0 Å². The maximum absolute atomic E-state index is 10.6. The summed E-state index contributed by atoms with van der Waals surface area (Å²) < 4.78 is 31.0. The number of halogens is 1. The van der Waals surface area contributed by atoms with Crippen LogP contribution in [-0.2, 0) is 18.8 Å². The summed E-state index contributed by atoms with van der Waals surface area (Å²) in [4.78, 5) is 3.66. The van der Waals surface area contributed by atoms with E-state index >= 15 is 0 Å². The van der Waals surface area contributed by atoms with Gasteiger partial charge in [0, 0.05) is 11.8 Å². The van der Waals surface area contributed by atoms with E-state index < -0.39 is 16.6 Å². The van der Waals surface area contributed by atoms with Crippen molar-refractivity contribution in [1.82, 2.24) is 4.42 Å². The lowest BCUT2D eigenvalue weighted by atomic mass is 10.6. The second-order valence-electron chi connectivity index (χ2n) is 2.00. The van der Waals surface area contributed by atoms with Gasteiger partial charge < -0.3 is 4.18 Å². The van der Waals surface area contributed by atoms with Crippen LogP contribution in [0.1, 0.15) is 0 Å². The number of aliphatic imine (C=N–C) groups is 1. The Balaban J connectivity index is 2.36. The van der Waals surface area contributed by atoms with Crippen LogP contribution in [0.3, 0.4) is 0 Å². The normalized spacial score (nSPS) is 33.0. The molecule has 0 saturated carbocycles. The molecule has 1 atom stereocenters. The Morgan fingerprint density at radius 1 is 1.73 bits per heavy atom. The Morgan fingerprint density at radius 3 is 3.09 bits per heavy atom. The molecule has 6 nitrogen and oxygen atoms in total. The molecule has 8 heteroatoms. The van der Waals surface area contributed by atoms with Crippen LogP contribution >= 0.6 is 11.8 Å². The number of hydrogen-bond donors (Lipinski definition) is 0. The van der Waals surface area contributed by atoms with E-state index in [1.54, 1.807) is 0 Å². The fourth-order valence-electron chi connectivity index (χ4n) is 0.803. The Morgan fingerprint density at radius 2 is 2.45 bits per heavy atom. The lowest BCUT2D eigenvalue weighted by molar-refractivity contribution is 0.193. The fraction of sp³-hybridized carbons (Fsp3) is 0.667. The van der Waals surface area contributed by atoms with Crippen LogP contribution < -0.4 is 0 Å². The molecule has 11 heavy (non-hydrogen) atoms. The maximum Gasteiger partial charge on any atom is 0.453 e. The van der Waals surface area contributed by atoms with Gasteiger partial charge in [0.1, 0.15) is 0 Å². The first kappa shape index (κ1) is 7.14. The van der Waals surface area contributed by atoms with Gasteiger partial charge in [0.05, 0.1) is 6.54 Å². The molecule has 0 aliphatic carbocycles. The third kappa shape index (κ3) is 1.15. The van der Waals surface area contributed by atoms with E-state index in [4.69, 9.17) is 11.8 Å². The Labute approximate surface area is 67.8 Å². The molecule has 2 aliphatic rings. The van der Waals surface area contributed by atoms with Crippen LogP contribution in [0.15, 0.2) is 4.99 Å². The van der Waals surface area contributed by atoms with Crippen LogP contribution in [0.5, 0.6) is 0 Å². The topological polar surface area (TPSA) is 68.2 Å². The Kier molecular flexibility index (Phi) is 1.29. The van der Waals surface area contributed by atoms with Crippen molar-refractivity contribution in [2.24, 2.45) is 4.99 Å². The quantitative estimate of drug-likeness (QED) is 0.488. The fourth-order valence-corrected chi connectivity index (χ4v) is 1.77. The Hall–Kier alpha value is -0.530. The SMILES string of the molecule is O=S1(=O)OC2=NC(CN2Cl)O1. The standard InChI is InChI=1S/C3H3ClN2O4S/c4-6-1-2-5-3(6)10-11(7,8)9-2/h2H,1H2. The van der Waals surface area contributed by atoms with Gasteiger partial charge in [-0.15, -0.1) is 0 Å². The second-order valence-corrected chi connectivity index (χ2v) is 3.58. The lowest BCUT2D eigenvalue weighted by Crippen LogP contribution is -2.23. The number of amidine groups is 1. The molecular formula is C3H3ClN2O4S. The summed E-state index contributed by atoms with van der Waals surface area (Å²) in [5, 5.41) is 0. The van der Waals surface area contributed by atoms with E-state index in [0.29, 0.717) is 0 Å². The highest BCUT2D eigenvalue weighted by atomic mass is 35.5. The van der Waals surface area contributed by atoms with Crippen molar-refractivity contribution in [2.75, 3.05) is 6.54 Å². The molecule has 2 heterocycles. The smallest absolute Gasteiger partial charge is 0.323 e.